The topological polar surface area (TPSA) is 56.5 Å². The van der Waals surface area contributed by atoms with Crippen molar-refractivity contribution in [2.45, 2.75) is 51.3 Å². The Kier molecular flexibility index (Phi) is 3.85. The first kappa shape index (κ1) is 13.7. The van der Waals surface area contributed by atoms with Gasteiger partial charge < -0.3 is 20.5 Å². The van der Waals surface area contributed by atoms with Crippen molar-refractivity contribution in [2.24, 2.45) is 5.73 Å². The Hall–Kier alpha value is -1.26. The van der Waals surface area contributed by atoms with E-state index >= 15 is 0 Å². The van der Waals surface area contributed by atoms with Crippen molar-refractivity contribution in [3.63, 3.8) is 0 Å². The molecule has 2 unspecified atom stereocenters. The van der Waals surface area contributed by atoms with Crippen LogP contribution in [0.15, 0.2) is 12.1 Å². The van der Waals surface area contributed by atoms with Gasteiger partial charge in [0.2, 0.25) is 0 Å². The molecule has 1 heterocycles. The number of rotatable bonds is 6. The summed E-state index contributed by atoms with van der Waals surface area (Å²) < 4.78 is 11.7. The molecule has 1 fully saturated rings. The summed E-state index contributed by atoms with van der Waals surface area (Å²) in [5, 5.41) is 3.60. The Bertz CT molecular complexity index is 486. The molecule has 0 aromatic heterocycles. The molecule has 2 aliphatic rings. The number of nitrogens with two attached hydrogens (primary N) is 1. The summed E-state index contributed by atoms with van der Waals surface area (Å²) in [6.07, 6.45) is 3.71. The standard InChI is InChI=1S/C16H24N2O2/c1-3-19-16-7-11-6-10(2)20-15(11)8-13(16)14(9-17)18-12-4-5-12/h7-8,10,12,14,18H,3-6,9,17H2,1-2H3. The molecule has 1 aromatic rings. The predicted octanol–water partition coefficient (Wildman–Crippen LogP) is 2.16. The van der Waals surface area contributed by atoms with Gasteiger partial charge in [-0.1, -0.05) is 0 Å². The number of fused-ring (bicyclic) bond motifs is 1. The minimum absolute atomic E-state index is 0.147. The van der Waals surface area contributed by atoms with Crippen molar-refractivity contribution in [3.05, 3.63) is 23.3 Å². The van der Waals surface area contributed by atoms with Crippen molar-refractivity contribution < 1.29 is 9.47 Å². The lowest BCUT2D eigenvalue weighted by atomic mass is 10.0. The number of hydrogen-bond acceptors (Lipinski definition) is 4. The highest BCUT2D eigenvalue weighted by molar-refractivity contribution is 5.50. The molecule has 1 aliphatic heterocycles. The van der Waals surface area contributed by atoms with Crippen LogP contribution in [-0.4, -0.2) is 25.3 Å². The fourth-order valence-corrected chi connectivity index (χ4v) is 2.83. The zero-order chi connectivity index (χ0) is 14.1. The second kappa shape index (κ2) is 5.62. The first-order valence-corrected chi connectivity index (χ1v) is 7.63. The molecule has 0 saturated heterocycles. The number of nitrogens with one attached hydrogen (secondary N) is 1. The Balaban J connectivity index is 1.92. The predicted molar refractivity (Wildman–Crippen MR) is 79.4 cm³/mol. The van der Waals surface area contributed by atoms with Gasteiger partial charge in [-0.15, -0.1) is 0 Å². The second-order valence-corrected chi connectivity index (χ2v) is 5.79. The molecular weight excluding hydrogens is 252 g/mol. The molecule has 20 heavy (non-hydrogen) atoms. The lowest BCUT2D eigenvalue weighted by molar-refractivity contribution is 0.254. The number of hydrogen-bond donors (Lipinski definition) is 2. The van der Waals surface area contributed by atoms with E-state index in [1.807, 2.05) is 6.92 Å². The Morgan fingerprint density at radius 1 is 1.45 bits per heavy atom. The fourth-order valence-electron chi connectivity index (χ4n) is 2.83. The second-order valence-electron chi connectivity index (χ2n) is 5.79. The fraction of sp³-hybridized carbons (Fsp3) is 0.625. The largest absolute Gasteiger partial charge is 0.494 e. The average Bonchev–Trinajstić information content (AvgIpc) is 3.16. The van der Waals surface area contributed by atoms with Gasteiger partial charge in [0.15, 0.2) is 0 Å². The zero-order valence-electron chi connectivity index (χ0n) is 12.3. The lowest BCUT2D eigenvalue weighted by Gasteiger charge is -2.21. The molecule has 1 aliphatic carbocycles. The highest BCUT2D eigenvalue weighted by Gasteiger charge is 2.28. The van der Waals surface area contributed by atoms with E-state index in [-0.39, 0.29) is 12.1 Å². The molecule has 0 bridgehead atoms. The smallest absolute Gasteiger partial charge is 0.124 e. The molecule has 0 spiro atoms. The van der Waals surface area contributed by atoms with Gasteiger partial charge in [-0.3, -0.25) is 0 Å². The summed E-state index contributed by atoms with van der Waals surface area (Å²) >= 11 is 0. The molecule has 2 atom stereocenters. The summed E-state index contributed by atoms with van der Waals surface area (Å²) in [5.74, 6) is 1.94. The molecular formula is C16H24N2O2. The molecule has 3 N–H and O–H groups in total. The molecule has 3 rings (SSSR count). The molecule has 4 nitrogen and oxygen atoms in total. The average molecular weight is 276 g/mol. The molecule has 1 aromatic carbocycles. The summed E-state index contributed by atoms with van der Waals surface area (Å²) in [6, 6.07) is 5.02. The van der Waals surface area contributed by atoms with Crippen LogP contribution in [-0.2, 0) is 6.42 Å². The van der Waals surface area contributed by atoms with Crippen LogP contribution in [0.25, 0.3) is 0 Å². The number of benzene rings is 1. The van der Waals surface area contributed by atoms with E-state index in [9.17, 15) is 0 Å². The first-order chi connectivity index (χ1) is 9.71. The zero-order valence-corrected chi connectivity index (χ0v) is 12.3. The van der Waals surface area contributed by atoms with Crippen molar-refractivity contribution in [2.75, 3.05) is 13.2 Å². The van der Waals surface area contributed by atoms with Crippen molar-refractivity contribution >= 4 is 0 Å². The molecule has 1 saturated carbocycles. The molecule has 0 amide bonds. The summed E-state index contributed by atoms with van der Waals surface area (Å²) in [4.78, 5) is 0. The first-order valence-electron chi connectivity index (χ1n) is 7.63. The van der Waals surface area contributed by atoms with Gasteiger partial charge in [0.1, 0.15) is 17.6 Å². The van der Waals surface area contributed by atoms with Gasteiger partial charge in [0.05, 0.1) is 6.61 Å². The summed E-state index contributed by atoms with van der Waals surface area (Å²) in [5.41, 5.74) is 8.34. The van der Waals surface area contributed by atoms with Gasteiger partial charge in [0.25, 0.3) is 0 Å². The van der Waals surface area contributed by atoms with E-state index in [4.69, 9.17) is 15.2 Å². The minimum atomic E-state index is 0.147. The van der Waals surface area contributed by atoms with Gasteiger partial charge in [-0.2, -0.15) is 0 Å². The molecule has 110 valence electrons. The Labute approximate surface area is 120 Å². The van der Waals surface area contributed by atoms with Gasteiger partial charge in [0, 0.05) is 36.2 Å². The van der Waals surface area contributed by atoms with Crippen LogP contribution in [0.2, 0.25) is 0 Å². The van der Waals surface area contributed by atoms with E-state index in [1.54, 1.807) is 0 Å². The van der Waals surface area contributed by atoms with E-state index in [2.05, 4.69) is 24.4 Å². The third-order valence-corrected chi connectivity index (χ3v) is 3.95. The summed E-state index contributed by atoms with van der Waals surface area (Å²) in [6.45, 7) is 5.36. The quantitative estimate of drug-likeness (QED) is 0.836. The van der Waals surface area contributed by atoms with Gasteiger partial charge in [-0.05, 0) is 38.8 Å². The van der Waals surface area contributed by atoms with E-state index in [0.29, 0.717) is 19.2 Å². The maximum absolute atomic E-state index is 5.96. The van der Waals surface area contributed by atoms with Crippen LogP contribution in [0.1, 0.15) is 43.9 Å². The van der Waals surface area contributed by atoms with Gasteiger partial charge >= 0.3 is 0 Å². The summed E-state index contributed by atoms with van der Waals surface area (Å²) in [7, 11) is 0. The van der Waals surface area contributed by atoms with Crippen LogP contribution in [0.5, 0.6) is 11.5 Å². The minimum Gasteiger partial charge on any atom is -0.494 e. The van der Waals surface area contributed by atoms with Gasteiger partial charge in [-0.25, -0.2) is 0 Å². The number of ether oxygens (including phenoxy) is 2. The maximum Gasteiger partial charge on any atom is 0.124 e. The van der Waals surface area contributed by atoms with Crippen molar-refractivity contribution in [1.82, 2.24) is 5.32 Å². The SMILES string of the molecule is CCOc1cc2c(cc1C(CN)NC1CC1)OC(C)C2. The van der Waals surface area contributed by atoms with E-state index < -0.39 is 0 Å². The van der Waals surface area contributed by atoms with Crippen molar-refractivity contribution in [1.29, 1.82) is 0 Å². The Morgan fingerprint density at radius 2 is 2.25 bits per heavy atom. The Morgan fingerprint density at radius 3 is 2.90 bits per heavy atom. The lowest BCUT2D eigenvalue weighted by Crippen LogP contribution is -2.30. The highest BCUT2D eigenvalue weighted by Crippen LogP contribution is 2.38. The maximum atomic E-state index is 5.96. The monoisotopic (exact) mass is 276 g/mol. The van der Waals surface area contributed by atoms with Crippen LogP contribution in [0.3, 0.4) is 0 Å². The highest BCUT2D eigenvalue weighted by atomic mass is 16.5. The van der Waals surface area contributed by atoms with E-state index in [0.717, 1.165) is 23.5 Å². The third kappa shape index (κ3) is 2.76. The van der Waals surface area contributed by atoms with Crippen LogP contribution < -0.4 is 20.5 Å². The third-order valence-electron chi connectivity index (χ3n) is 3.95. The van der Waals surface area contributed by atoms with Crippen molar-refractivity contribution in [3.8, 4) is 11.5 Å². The van der Waals surface area contributed by atoms with Crippen LogP contribution in [0.4, 0.5) is 0 Å². The van der Waals surface area contributed by atoms with E-state index in [1.165, 1.54) is 18.4 Å². The molecule has 0 radical (unpaired) electrons. The van der Waals surface area contributed by atoms with Crippen LogP contribution >= 0.6 is 0 Å². The van der Waals surface area contributed by atoms with Crippen LogP contribution in [0, 0.1) is 0 Å². The molecule has 4 heteroatoms. The normalized spacial score (nSPS) is 22.2.